The Morgan fingerprint density at radius 1 is 1.42 bits per heavy atom. The van der Waals surface area contributed by atoms with Gasteiger partial charge in [0.05, 0.1) is 0 Å². The molecular weight excluding hydrogens is 238 g/mol. The van der Waals surface area contributed by atoms with Crippen molar-refractivity contribution in [2.75, 3.05) is 12.3 Å². The number of hydrogen-bond donors (Lipinski definition) is 2. The van der Waals surface area contributed by atoms with Crippen LogP contribution in [0.1, 0.15) is 30.3 Å². The summed E-state index contributed by atoms with van der Waals surface area (Å²) in [5.74, 6) is 0.256. The lowest BCUT2D eigenvalue weighted by molar-refractivity contribution is 0.0941. The highest BCUT2D eigenvalue weighted by Crippen LogP contribution is 2.44. The predicted molar refractivity (Wildman–Crippen MR) is 75.8 cm³/mol. The van der Waals surface area contributed by atoms with Crippen LogP contribution < -0.4 is 11.1 Å². The molecule has 0 aliphatic heterocycles. The highest BCUT2D eigenvalue weighted by molar-refractivity contribution is 5.99. The van der Waals surface area contributed by atoms with Crippen LogP contribution in [0.5, 0.6) is 0 Å². The second-order valence-corrected chi connectivity index (χ2v) is 5.61. The van der Waals surface area contributed by atoms with Crippen LogP contribution in [0.15, 0.2) is 30.3 Å². The van der Waals surface area contributed by atoms with Gasteiger partial charge in [-0.15, -0.1) is 0 Å². The SMILES string of the molecule is CC1(CNC(=O)c2cc3ccccc3c(N)n2)CC1. The van der Waals surface area contributed by atoms with E-state index in [1.54, 1.807) is 6.07 Å². The third kappa shape index (κ3) is 2.38. The highest BCUT2D eigenvalue weighted by Gasteiger charge is 2.37. The molecule has 1 amide bonds. The smallest absolute Gasteiger partial charge is 0.270 e. The molecule has 0 bridgehead atoms. The molecule has 1 aliphatic rings. The van der Waals surface area contributed by atoms with Crippen molar-refractivity contribution < 1.29 is 4.79 Å². The van der Waals surface area contributed by atoms with Gasteiger partial charge in [0.2, 0.25) is 0 Å². The van der Waals surface area contributed by atoms with Crippen molar-refractivity contribution in [1.82, 2.24) is 10.3 Å². The predicted octanol–water partition coefficient (Wildman–Crippen LogP) is 2.35. The molecular formula is C15H17N3O. The van der Waals surface area contributed by atoms with Crippen LogP contribution in [-0.2, 0) is 0 Å². The normalized spacial score (nSPS) is 16.3. The van der Waals surface area contributed by atoms with E-state index in [0.29, 0.717) is 18.1 Å². The van der Waals surface area contributed by atoms with Gasteiger partial charge in [0.15, 0.2) is 0 Å². The van der Waals surface area contributed by atoms with Crippen molar-refractivity contribution in [3.05, 3.63) is 36.0 Å². The molecule has 1 aromatic heterocycles. The van der Waals surface area contributed by atoms with E-state index in [4.69, 9.17) is 5.73 Å². The number of hydrogen-bond acceptors (Lipinski definition) is 3. The minimum atomic E-state index is -0.148. The van der Waals surface area contributed by atoms with Gasteiger partial charge < -0.3 is 11.1 Å². The number of benzene rings is 1. The molecule has 4 nitrogen and oxygen atoms in total. The lowest BCUT2D eigenvalue weighted by Gasteiger charge is -2.10. The lowest BCUT2D eigenvalue weighted by atomic mass is 10.1. The molecule has 3 rings (SSSR count). The van der Waals surface area contributed by atoms with Crippen LogP contribution in [0.2, 0.25) is 0 Å². The van der Waals surface area contributed by atoms with Gasteiger partial charge in [0.1, 0.15) is 11.5 Å². The minimum Gasteiger partial charge on any atom is -0.383 e. The summed E-state index contributed by atoms with van der Waals surface area (Å²) < 4.78 is 0. The maximum atomic E-state index is 12.1. The monoisotopic (exact) mass is 255 g/mol. The van der Waals surface area contributed by atoms with Gasteiger partial charge in [0, 0.05) is 11.9 Å². The highest BCUT2D eigenvalue weighted by atomic mass is 16.1. The zero-order valence-electron chi connectivity index (χ0n) is 10.9. The fraction of sp³-hybridized carbons (Fsp3) is 0.333. The molecule has 0 radical (unpaired) electrons. The number of nitrogen functional groups attached to an aromatic ring is 1. The molecule has 1 aliphatic carbocycles. The average Bonchev–Trinajstić information content (AvgIpc) is 3.14. The Kier molecular flexibility index (Phi) is 2.66. The average molecular weight is 255 g/mol. The Labute approximate surface area is 112 Å². The fourth-order valence-corrected chi connectivity index (χ4v) is 2.12. The first kappa shape index (κ1) is 12.0. The number of amides is 1. The largest absolute Gasteiger partial charge is 0.383 e. The molecule has 1 aromatic carbocycles. The number of aromatic nitrogens is 1. The van der Waals surface area contributed by atoms with Crippen molar-refractivity contribution in [2.45, 2.75) is 19.8 Å². The van der Waals surface area contributed by atoms with Crippen molar-refractivity contribution >= 4 is 22.5 Å². The van der Waals surface area contributed by atoms with E-state index in [2.05, 4.69) is 17.2 Å². The number of rotatable bonds is 3. The lowest BCUT2D eigenvalue weighted by Crippen LogP contribution is -2.29. The van der Waals surface area contributed by atoms with Gasteiger partial charge >= 0.3 is 0 Å². The summed E-state index contributed by atoms with van der Waals surface area (Å²) in [7, 11) is 0. The van der Waals surface area contributed by atoms with Crippen LogP contribution in [0.4, 0.5) is 5.82 Å². The van der Waals surface area contributed by atoms with Crippen molar-refractivity contribution in [2.24, 2.45) is 5.41 Å². The molecule has 19 heavy (non-hydrogen) atoms. The number of pyridine rings is 1. The molecule has 3 N–H and O–H groups in total. The quantitative estimate of drug-likeness (QED) is 0.884. The summed E-state index contributed by atoms with van der Waals surface area (Å²) in [4.78, 5) is 16.3. The van der Waals surface area contributed by atoms with Gasteiger partial charge in [-0.05, 0) is 29.7 Å². The summed E-state index contributed by atoms with van der Waals surface area (Å²) in [6.45, 7) is 2.88. The Hall–Kier alpha value is -2.10. The molecule has 2 aromatic rings. The third-order valence-corrected chi connectivity index (χ3v) is 3.78. The summed E-state index contributed by atoms with van der Waals surface area (Å²) >= 11 is 0. The van der Waals surface area contributed by atoms with Crippen LogP contribution in [0, 0.1) is 5.41 Å². The number of nitrogens with two attached hydrogens (primary N) is 1. The number of fused-ring (bicyclic) bond motifs is 1. The van der Waals surface area contributed by atoms with E-state index in [0.717, 1.165) is 10.8 Å². The van der Waals surface area contributed by atoms with E-state index >= 15 is 0 Å². The van der Waals surface area contributed by atoms with E-state index in [1.165, 1.54) is 12.8 Å². The number of nitrogens with zero attached hydrogens (tertiary/aromatic N) is 1. The maximum Gasteiger partial charge on any atom is 0.270 e. The first-order valence-corrected chi connectivity index (χ1v) is 6.51. The number of nitrogens with one attached hydrogen (secondary N) is 1. The number of carbonyl (C=O) groups is 1. The van der Waals surface area contributed by atoms with E-state index in [9.17, 15) is 4.79 Å². The van der Waals surface area contributed by atoms with Crippen LogP contribution in [0.25, 0.3) is 10.8 Å². The fourth-order valence-electron chi connectivity index (χ4n) is 2.12. The zero-order valence-corrected chi connectivity index (χ0v) is 10.9. The van der Waals surface area contributed by atoms with Gasteiger partial charge in [-0.25, -0.2) is 4.98 Å². The molecule has 98 valence electrons. The molecule has 1 fully saturated rings. The first-order valence-electron chi connectivity index (χ1n) is 6.51. The van der Waals surface area contributed by atoms with Gasteiger partial charge in [-0.1, -0.05) is 31.2 Å². The zero-order chi connectivity index (χ0) is 13.5. The van der Waals surface area contributed by atoms with E-state index < -0.39 is 0 Å². The van der Waals surface area contributed by atoms with Crippen molar-refractivity contribution in [1.29, 1.82) is 0 Å². The standard InChI is InChI=1S/C15H17N3O/c1-15(6-7-15)9-17-14(19)12-8-10-4-2-3-5-11(10)13(16)18-12/h2-5,8H,6-7,9H2,1H3,(H2,16,18)(H,17,19). The van der Waals surface area contributed by atoms with E-state index in [1.807, 2.05) is 24.3 Å². The molecule has 0 spiro atoms. The molecule has 1 heterocycles. The Morgan fingerprint density at radius 3 is 2.89 bits per heavy atom. The second-order valence-electron chi connectivity index (χ2n) is 5.61. The Morgan fingerprint density at radius 2 is 2.16 bits per heavy atom. The third-order valence-electron chi connectivity index (χ3n) is 3.78. The second kappa shape index (κ2) is 4.23. The Balaban J connectivity index is 1.85. The Bertz CT molecular complexity index is 647. The van der Waals surface area contributed by atoms with E-state index in [-0.39, 0.29) is 11.3 Å². The topological polar surface area (TPSA) is 68.0 Å². The van der Waals surface area contributed by atoms with Gasteiger partial charge in [0.25, 0.3) is 5.91 Å². The van der Waals surface area contributed by atoms with Crippen molar-refractivity contribution in [3.8, 4) is 0 Å². The summed E-state index contributed by atoms with van der Waals surface area (Å²) in [5, 5.41) is 4.76. The minimum absolute atomic E-state index is 0.148. The summed E-state index contributed by atoms with van der Waals surface area (Å²) in [6, 6.07) is 9.47. The molecule has 4 heteroatoms. The van der Waals surface area contributed by atoms with Gasteiger partial charge in [-0.3, -0.25) is 4.79 Å². The molecule has 0 saturated heterocycles. The summed E-state index contributed by atoms with van der Waals surface area (Å²) in [5.41, 5.74) is 6.58. The molecule has 1 saturated carbocycles. The van der Waals surface area contributed by atoms with Crippen LogP contribution in [0.3, 0.4) is 0 Å². The van der Waals surface area contributed by atoms with Crippen LogP contribution >= 0.6 is 0 Å². The summed E-state index contributed by atoms with van der Waals surface area (Å²) in [6.07, 6.45) is 2.36. The van der Waals surface area contributed by atoms with Crippen LogP contribution in [-0.4, -0.2) is 17.4 Å². The molecule has 0 atom stereocenters. The van der Waals surface area contributed by atoms with Crippen molar-refractivity contribution in [3.63, 3.8) is 0 Å². The number of anilines is 1. The number of carbonyl (C=O) groups excluding carboxylic acids is 1. The first-order chi connectivity index (χ1) is 9.07. The van der Waals surface area contributed by atoms with Gasteiger partial charge in [-0.2, -0.15) is 0 Å². The maximum absolute atomic E-state index is 12.1. The molecule has 0 unspecified atom stereocenters.